The van der Waals surface area contributed by atoms with Crippen molar-refractivity contribution in [3.05, 3.63) is 22.4 Å². The highest BCUT2D eigenvalue weighted by atomic mass is 127. The molecule has 1 aliphatic rings. The Kier molecular flexibility index (Phi) is 10.9. The number of guanidine groups is 1. The molecule has 23 heavy (non-hydrogen) atoms. The van der Waals surface area contributed by atoms with Gasteiger partial charge >= 0.3 is 0 Å². The van der Waals surface area contributed by atoms with Gasteiger partial charge in [-0.1, -0.05) is 19.8 Å². The first-order chi connectivity index (χ1) is 10.8. The molecular formula is C17H30IN3OS. The molecule has 0 saturated heterocycles. The average Bonchev–Trinajstić information content (AvgIpc) is 3.22. The molecule has 1 aromatic rings. The van der Waals surface area contributed by atoms with Crippen LogP contribution in [0.2, 0.25) is 0 Å². The molecule has 0 amide bonds. The van der Waals surface area contributed by atoms with Crippen molar-refractivity contribution in [2.24, 2.45) is 4.99 Å². The molecule has 1 heterocycles. The molecule has 1 atom stereocenters. The summed E-state index contributed by atoms with van der Waals surface area (Å²) in [6, 6.07) is 2.19. The van der Waals surface area contributed by atoms with E-state index in [0.29, 0.717) is 12.0 Å². The molecule has 0 aliphatic heterocycles. The minimum atomic E-state index is 0. The summed E-state index contributed by atoms with van der Waals surface area (Å²) in [6.07, 6.45) is 6.71. The van der Waals surface area contributed by atoms with Crippen molar-refractivity contribution >= 4 is 41.3 Å². The summed E-state index contributed by atoms with van der Waals surface area (Å²) in [5.74, 6) is 1.37. The molecule has 132 valence electrons. The van der Waals surface area contributed by atoms with Crippen LogP contribution in [0.25, 0.3) is 0 Å². The molecule has 1 unspecified atom stereocenters. The first-order valence-electron chi connectivity index (χ1n) is 8.38. The van der Waals surface area contributed by atoms with E-state index in [2.05, 4.69) is 39.4 Å². The van der Waals surface area contributed by atoms with Crippen molar-refractivity contribution in [2.75, 3.05) is 26.7 Å². The van der Waals surface area contributed by atoms with Gasteiger partial charge < -0.3 is 15.4 Å². The number of nitrogens with zero attached hydrogens (tertiary/aromatic N) is 1. The largest absolute Gasteiger partial charge is 0.378 e. The number of thiophene rings is 1. The van der Waals surface area contributed by atoms with Crippen molar-refractivity contribution in [2.45, 2.75) is 51.0 Å². The lowest BCUT2D eigenvalue weighted by Gasteiger charge is -2.16. The Balaban J connectivity index is 0.00000264. The minimum Gasteiger partial charge on any atom is -0.378 e. The van der Waals surface area contributed by atoms with Crippen LogP contribution in [0.3, 0.4) is 0 Å². The molecule has 0 bridgehead atoms. The van der Waals surface area contributed by atoms with Gasteiger partial charge in [-0.15, -0.1) is 24.0 Å². The predicted molar refractivity (Wildman–Crippen MR) is 110 cm³/mol. The lowest BCUT2D eigenvalue weighted by Crippen LogP contribution is -2.39. The first-order valence-corrected chi connectivity index (χ1v) is 9.32. The molecule has 1 aliphatic carbocycles. The molecule has 1 saturated carbocycles. The Hall–Kier alpha value is -0.340. The monoisotopic (exact) mass is 451 g/mol. The molecule has 4 nitrogen and oxygen atoms in total. The summed E-state index contributed by atoms with van der Waals surface area (Å²) >= 11 is 1.75. The first kappa shape index (κ1) is 20.7. The standard InChI is InChI=1S/C17H29N3OS.HI/c1-14(15-8-11-22-13-15)12-20-17(18-2)19-9-5-10-21-16-6-3-4-7-16;/h8,11,13-14,16H,3-7,9-10,12H2,1-2H3,(H2,18,19,20);1H. The molecule has 6 heteroatoms. The van der Waals surface area contributed by atoms with E-state index in [0.717, 1.165) is 32.1 Å². The van der Waals surface area contributed by atoms with Gasteiger partial charge in [0.25, 0.3) is 0 Å². The minimum absolute atomic E-state index is 0. The maximum atomic E-state index is 5.87. The highest BCUT2D eigenvalue weighted by molar-refractivity contribution is 14.0. The maximum absolute atomic E-state index is 5.87. The number of hydrogen-bond donors (Lipinski definition) is 2. The smallest absolute Gasteiger partial charge is 0.190 e. The Morgan fingerprint density at radius 2 is 2.17 bits per heavy atom. The van der Waals surface area contributed by atoms with E-state index in [1.165, 1.54) is 31.2 Å². The number of hydrogen-bond acceptors (Lipinski definition) is 3. The van der Waals surface area contributed by atoms with Crippen LogP contribution in [0.4, 0.5) is 0 Å². The fourth-order valence-electron chi connectivity index (χ4n) is 2.73. The van der Waals surface area contributed by atoms with E-state index < -0.39 is 0 Å². The number of aliphatic imine (C=N–C) groups is 1. The molecular weight excluding hydrogens is 421 g/mol. The van der Waals surface area contributed by atoms with Crippen LogP contribution in [-0.2, 0) is 4.74 Å². The summed E-state index contributed by atoms with van der Waals surface area (Å²) in [5, 5.41) is 11.1. The van der Waals surface area contributed by atoms with Gasteiger partial charge in [-0.25, -0.2) is 0 Å². The molecule has 2 rings (SSSR count). The zero-order chi connectivity index (χ0) is 15.6. The number of rotatable bonds is 8. The Morgan fingerprint density at radius 1 is 1.39 bits per heavy atom. The van der Waals surface area contributed by atoms with Gasteiger partial charge in [0.2, 0.25) is 0 Å². The second kappa shape index (κ2) is 12.1. The molecule has 0 radical (unpaired) electrons. The van der Waals surface area contributed by atoms with Crippen molar-refractivity contribution in [1.82, 2.24) is 10.6 Å². The molecule has 0 spiro atoms. The van der Waals surface area contributed by atoms with E-state index in [1.54, 1.807) is 11.3 Å². The third kappa shape index (κ3) is 7.85. The Bertz CT molecular complexity index is 433. The van der Waals surface area contributed by atoms with Crippen LogP contribution >= 0.6 is 35.3 Å². The number of ether oxygens (including phenoxy) is 1. The summed E-state index contributed by atoms with van der Waals surface area (Å²) < 4.78 is 5.87. The highest BCUT2D eigenvalue weighted by Gasteiger charge is 2.14. The Morgan fingerprint density at radius 3 is 2.83 bits per heavy atom. The molecule has 1 fully saturated rings. The van der Waals surface area contributed by atoms with Crippen molar-refractivity contribution in [3.8, 4) is 0 Å². The van der Waals surface area contributed by atoms with E-state index in [1.807, 2.05) is 7.05 Å². The summed E-state index contributed by atoms with van der Waals surface area (Å²) in [4.78, 5) is 4.27. The fraction of sp³-hybridized carbons (Fsp3) is 0.706. The quantitative estimate of drug-likeness (QED) is 0.272. The summed E-state index contributed by atoms with van der Waals surface area (Å²) in [5.41, 5.74) is 1.39. The molecule has 0 aromatic carbocycles. The maximum Gasteiger partial charge on any atom is 0.190 e. The van der Waals surface area contributed by atoms with Crippen LogP contribution in [0.15, 0.2) is 21.8 Å². The second-order valence-corrected chi connectivity index (χ2v) is 6.75. The fourth-order valence-corrected chi connectivity index (χ4v) is 3.51. The van der Waals surface area contributed by atoms with E-state index in [4.69, 9.17) is 4.74 Å². The summed E-state index contributed by atoms with van der Waals surface area (Å²) in [7, 11) is 1.82. The molecule has 2 N–H and O–H groups in total. The van der Waals surface area contributed by atoms with Crippen LogP contribution in [-0.4, -0.2) is 38.8 Å². The van der Waals surface area contributed by atoms with Crippen molar-refractivity contribution < 1.29 is 4.74 Å². The van der Waals surface area contributed by atoms with Gasteiger partial charge in [-0.2, -0.15) is 11.3 Å². The van der Waals surface area contributed by atoms with Gasteiger partial charge in [-0.3, -0.25) is 4.99 Å². The third-order valence-electron chi connectivity index (χ3n) is 4.18. The third-order valence-corrected chi connectivity index (χ3v) is 4.88. The van der Waals surface area contributed by atoms with Gasteiger partial charge in [0.1, 0.15) is 0 Å². The van der Waals surface area contributed by atoms with E-state index >= 15 is 0 Å². The van der Waals surface area contributed by atoms with Crippen molar-refractivity contribution in [1.29, 1.82) is 0 Å². The van der Waals surface area contributed by atoms with Gasteiger partial charge in [0.05, 0.1) is 6.10 Å². The van der Waals surface area contributed by atoms with E-state index in [9.17, 15) is 0 Å². The van der Waals surface area contributed by atoms with E-state index in [-0.39, 0.29) is 24.0 Å². The predicted octanol–water partition coefficient (Wildman–Crippen LogP) is 3.98. The van der Waals surface area contributed by atoms with Crippen LogP contribution in [0, 0.1) is 0 Å². The van der Waals surface area contributed by atoms with Crippen LogP contribution in [0.5, 0.6) is 0 Å². The SMILES string of the molecule is CN=C(NCCCOC1CCCC1)NCC(C)c1ccsc1.I. The van der Waals surface area contributed by atoms with Crippen molar-refractivity contribution in [3.63, 3.8) is 0 Å². The van der Waals surface area contributed by atoms with Gasteiger partial charge in [0, 0.05) is 26.7 Å². The highest BCUT2D eigenvalue weighted by Crippen LogP contribution is 2.20. The second-order valence-electron chi connectivity index (χ2n) is 5.97. The lowest BCUT2D eigenvalue weighted by atomic mass is 10.1. The van der Waals surface area contributed by atoms with Crippen LogP contribution in [0.1, 0.15) is 50.5 Å². The molecule has 1 aromatic heterocycles. The van der Waals surface area contributed by atoms with Gasteiger partial charge in [-0.05, 0) is 47.6 Å². The zero-order valence-electron chi connectivity index (χ0n) is 14.2. The van der Waals surface area contributed by atoms with Gasteiger partial charge in [0.15, 0.2) is 5.96 Å². The van der Waals surface area contributed by atoms with Crippen LogP contribution < -0.4 is 10.6 Å². The normalized spacial score (nSPS) is 16.9. The lowest BCUT2D eigenvalue weighted by molar-refractivity contribution is 0.0574. The average molecular weight is 451 g/mol. The number of nitrogens with one attached hydrogen (secondary N) is 2. The zero-order valence-corrected chi connectivity index (χ0v) is 17.4. The topological polar surface area (TPSA) is 45.7 Å². The summed E-state index contributed by atoms with van der Waals surface area (Å²) in [6.45, 7) is 4.88. The number of halogens is 1. The Labute approximate surface area is 161 Å².